The number of rotatable bonds is 4. The van der Waals surface area contributed by atoms with Crippen LogP contribution >= 0.6 is 0 Å². The molecule has 1 saturated carbocycles. The number of hydrogen-bond acceptors (Lipinski definition) is 2. The molecule has 0 heterocycles. The molecule has 0 spiro atoms. The molecule has 1 aliphatic carbocycles. The number of hydrogen-bond donors (Lipinski definition) is 2. The number of aromatic hydroxyl groups is 1. The van der Waals surface area contributed by atoms with Crippen LogP contribution < -0.4 is 5.73 Å². The highest BCUT2D eigenvalue weighted by Crippen LogP contribution is 2.36. The van der Waals surface area contributed by atoms with Crippen molar-refractivity contribution in [3.05, 3.63) is 65.2 Å². The van der Waals surface area contributed by atoms with Crippen molar-refractivity contribution in [3.63, 3.8) is 0 Å². The molecule has 3 N–H and O–H groups in total. The average Bonchev–Trinajstić information content (AvgIpc) is 2.57. The van der Waals surface area contributed by atoms with Gasteiger partial charge in [0.1, 0.15) is 5.75 Å². The Bertz CT molecular complexity index is 602. The summed E-state index contributed by atoms with van der Waals surface area (Å²) in [7, 11) is 0. The van der Waals surface area contributed by atoms with Gasteiger partial charge in [0.15, 0.2) is 0 Å². The zero-order valence-electron chi connectivity index (χ0n) is 13.0. The van der Waals surface area contributed by atoms with E-state index in [1.54, 1.807) is 0 Å². The van der Waals surface area contributed by atoms with Gasteiger partial charge in [0.25, 0.3) is 0 Å². The minimum Gasteiger partial charge on any atom is -0.508 e. The average molecular weight is 295 g/mol. The normalized spacial score (nSPS) is 17.3. The summed E-state index contributed by atoms with van der Waals surface area (Å²) in [6.45, 7) is 0. The summed E-state index contributed by atoms with van der Waals surface area (Å²) in [4.78, 5) is 0. The van der Waals surface area contributed by atoms with E-state index in [0.29, 0.717) is 11.7 Å². The van der Waals surface area contributed by atoms with Gasteiger partial charge in [-0.25, -0.2) is 0 Å². The lowest BCUT2D eigenvalue weighted by molar-refractivity contribution is 0.439. The van der Waals surface area contributed by atoms with Gasteiger partial charge in [0.05, 0.1) is 0 Å². The molecule has 22 heavy (non-hydrogen) atoms. The molecule has 1 atom stereocenters. The fourth-order valence-corrected chi connectivity index (χ4v) is 3.54. The first-order valence-electron chi connectivity index (χ1n) is 8.36. The van der Waals surface area contributed by atoms with Gasteiger partial charge >= 0.3 is 0 Å². The quantitative estimate of drug-likeness (QED) is 0.860. The molecule has 2 aromatic carbocycles. The lowest BCUT2D eigenvalue weighted by atomic mass is 9.83. The van der Waals surface area contributed by atoms with Crippen LogP contribution in [0.4, 0.5) is 0 Å². The highest BCUT2D eigenvalue weighted by atomic mass is 16.3. The van der Waals surface area contributed by atoms with Crippen molar-refractivity contribution >= 4 is 0 Å². The number of phenolic OH excluding ortho intramolecular Hbond substituents is 1. The Hall–Kier alpha value is -1.80. The monoisotopic (exact) mass is 295 g/mol. The van der Waals surface area contributed by atoms with Gasteiger partial charge in [0.2, 0.25) is 0 Å². The molecule has 0 aromatic heterocycles. The summed E-state index contributed by atoms with van der Waals surface area (Å²) in [5.74, 6) is 0.958. The Morgan fingerprint density at radius 1 is 1.00 bits per heavy atom. The maximum absolute atomic E-state index is 10.2. The van der Waals surface area contributed by atoms with Gasteiger partial charge < -0.3 is 10.8 Å². The van der Waals surface area contributed by atoms with Crippen LogP contribution in [0.25, 0.3) is 0 Å². The minimum absolute atomic E-state index is 0.161. The first kappa shape index (κ1) is 15.1. The van der Waals surface area contributed by atoms with E-state index in [9.17, 15) is 5.11 Å². The zero-order chi connectivity index (χ0) is 15.4. The Kier molecular flexibility index (Phi) is 4.79. The molecular weight excluding hydrogens is 270 g/mol. The van der Waals surface area contributed by atoms with Gasteiger partial charge in [-0.3, -0.25) is 0 Å². The van der Waals surface area contributed by atoms with E-state index in [2.05, 4.69) is 24.3 Å². The second-order valence-corrected chi connectivity index (χ2v) is 6.45. The van der Waals surface area contributed by atoms with E-state index in [0.717, 1.165) is 12.0 Å². The molecule has 1 fully saturated rings. The second kappa shape index (κ2) is 6.97. The summed E-state index contributed by atoms with van der Waals surface area (Å²) in [6, 6.07) is 16.1. The third-order valence-corrected chi connectivity index (χ3v) is 4.83. The van der Waals surface area contributed by atoms with Crippen molar-refractivity contribution in [3.8, 4) is 5.75 Å². The Labute approximate surface area is 133 Å². The van der Waals surface area contributed by atoms with Gasteiger partial charge in [-0.1, -0.05) is 61.7 Å². The molecule has 0 saturated heterocycles. The van der Waals surface area contributed by atoms with E-state index in [4.69, 9.17) is 5.73 Å². The van der Waals surface area contributed by atoms with Crippen molar-refractivity contribution in [1.29, 1.82) is 0 Å². The van der Waals surface area contributed by atoms with Crippen LogP contribution in [0.2, 0.25) is 0 Å². The van der Waals surface area contributed by atoms with Gasteiger partial charge in [0, 0.05) is 11.6 Å². The summed E-state index contributed by atoms with van der Waals surface area (Å²) >= 11 is 0. The highest BCUT2D eigenvalue weighted by Gasteiger charge is 2.19. The van der Waals surface area contributed by atoms with Crippen LogP contribution in [0.1, 0.15) is 60.8 Å². The molecule has 1 aliphatic rings. The largest absolute Gasteiger partial charge is 0.508 e. The first-order chi connectivity index (χ1) is 10.7. The molecule has 0 aliphatic heterocycles. The molecule has 0 radical (unpaired) electrons. The maximum atomic E-state index is 10.2. The molecule has 2 nitrogen and oxygen atoms in total. The molecule has 0 unspecified atom stereocenters. The number of nitrogens with two attached hydrogens (primary N) is 1. The Balaban J connectivity index is 1.79. The molecular formula is C20H25NO. The van der Waals surface area contributed by atoms with Crippen molar-refractivity contribution < 1.29 is 5.11 Å². The summed E-state index contributed by atoms with van der Waals surface area (Å²) in [5.41, 5.74) is 9.80. The fraction of sp³-hybridized carbons (Fsp3) is 0.400. The Morgan fingerprint density at radius 3 is 2.45 bits per heavy atom. The third kappa shape index (κ3) is 3.50. The third-order valence-electron chi connectivity index (χ3n) is 4.83. The van der Waals surface area contributed by atoms with Gasteiger partial charge in [-0.15, -0.1) is 0 Å². The molecule has 0 amide bonds. The molecule has 2 aromatic rings. The Morgan fingerprint density at radius 2 is 1.73 bits per heavy atom. The molecule has 116 valence electrons. The summed E-state index contributed by atoms with van der Waals surface area (Å²) < 4.78 is 0. The molecule has 3 rings (SSSR count). The summed E-state index contributed by atoms with van der Waals surface area (Å²) in [6.07, 6.45) is 7.27. The van der Waals surface area contributed by atoms with Crippen LogP contribution in [0, 0.1) is 0 Å². The van der Waals surface area contributed by atoms with Crippen molar-refractivity contribution in [1.82, 2.24) is 0 Å². The van der Waals surface area contributed by atoms with E-state index in [1.807, 2.05) is 24.3 Å². The van der Waals surface area contributed by atoms with Crippen molar-refractivity contribution in [2.45, 2.75) is 50.5 Å². The predicted molar refractivity (Wildman–Crippen MR) is 91.0 cm³/mol. The first-order valence-corrected chi connectivity index (χ1v) is 8.36. The van der Waals surface area contributed by atoms with E-state index < -0.39 is 0 Å². The second-order valence-electron chi connectivity index (χ2n) is 6.45. The SMILES string of the molecule is N[C@H](Cc1ccccc1)c1cc(C2CCCCC2)ccc1O. The lowest BCUT2D eigenvalue weighted by Crippen LogP contribution is -2.14. The van der Waals surface area contributed by atoms with Crippen LogP contribution in [-0.2, 0) is 6.42 Å². The summed E-state index contributed by atoms with van der Waals surface area (Å²) in [5, 5.41) is 10.2. The molecule has 0 bridgehead atoms. The van der Waals surface area contributed by atoms with Crippen molar-refractivity contribution in [2.75, 3.05) is 0 Å². The highest BCUT2D eigenvalue weighted by molar-refractivity contribution is 5.40. The van der Waals surface area contributed by atoms with Crippen LogP contribution in [0.15, 0.2) is 48.5 Å². The fourth-order valence-electron chi connectivity index (χ4n) is 3.54. The predicted octanol–water partition coefficient (Wildman–Crippen LogP) is 4.68. The van der Waals surface area contributed by atoms with E-state index >= 15 is 0 Å². The number of benzene rings is 2. The maximum Gasteiger partial charge on any atom is 0.120 e. The van der Waals surface area contributed by atoms with Crippen LogP contribution in [0.3, 0.4) is 0 Å². The van der Waals surface area contributed by atoms with E-state index in [1.165, 1.54) is 43.2 Å². The zero-order valence-corrected chi connectivity index (χ0v) is 13.0. The van der Waals surface area contributed by atoms with Crippen LogP contribution in [-0.4, -0.2) is 5.11 Å². The van der Waals surface area contributed by atoms with Gasteiger partial charge in [-0.05, 0) is 42.4 Å². The van der Waals surface area contributed by atoms with Gasteiger partial charge in [-0.2, -0.15) is 0 Å². The molecule has 2 heteroatoms. The lowest BCUT2D eigenvalue weighted by Gasteiger charge is -2.23. The smallest absolute Gasteiger partial charge is 0.120 e. The standard InChI is InChI=1S/C20H25NO/c21-19(13-15-7-3-1-4-8-15)18-14-17(11-12-20(18)22)16-9-5-2-6-10-16/h1,3-4,7-8,11-12,14,16,19,22H,2,5-6,9-10,13,21H2/t19-/m1/s1. The van der Waals surface area contributed by atoms with E-state index in [-0.39, 0.29) is 6.04 Å². The minimum atomic E-state index is -0.161. The topological polar surface area (TPSA) is 46.2 Å². The van der Waals surface area contributed by atoms with Crippen LogP contribution in [0.5, 0.6) is 5.75 Å². The number of phenols is 1. The van der Waals surface area contributed by atoms with Crippen molar-refractivity contribution in [2.24, 2.45) is 5.73 Å².